The highest BCUT2D eigenvalue weighted by Gasteiger charge is 2.21. The molecule has 12 heavy (non-hydrogen) atoms. The van der Waals surface area contributed by atoms with Crippen LogP contribution in [0.2, 0.25) is 0 Å². The van der Waals surface area contributed by atoms with E-state index in [-0.39, 0.29) is 0 Å². The molecule has 2 nitrogen and oxygen atoms in total. The smallest absolute Gasteiger partial charge is 0.0273 e. The molecule has 0 radical (unpaired) electrons. The molecule has 0 spiro atoms. The first-order valence-electron chi connectivity index (χ1n) is 4.49. The minimum Gasteiger partial charge on any atom is -0.772 e. The van der Waals surface area contributed by atoms with Gasteiger partial charge in [-0.2, -0.15) is 0 Å². The van der Waals surface area contributed by atoms with Gasteiger partial charge in [0.1, 0.15) is 0 Å². The molecule has 0 aliphatic heterocycles. The average molecular weight is 191 g/mol. The Labute approximate surface area is 78.0 Å². The van der Waals surface area contributed by atoms with E-state index in [0.717, 1.165) is 19.3 Å². The summed E-state index contributed by atoms with van der Waals surface area (Å²) < 4.78 is 21.0. The quantitative estimate of drug-likeness (QED) is 0.626. The predicted molar refractivity (Wildman–Crippen MR) is 51.7 cm³/mol. The van der Waals surface area contributed by atoms with Gasteiger partial charge in [-0.05, 0) is 37.3 Å². The van der Waals surface area contributed by atoms with E-state index in [9.17, 15) is 8.76 Å². The Hall–Kier alpha value is 0.110. The van der Waals surface area contributed by atoms with Gasteiger partial charge in [-0.1, -0.05) is 26.7 Å². The topological polar surface area (TPSA) is 40.1 Å². The lowest BCUT2D eigenvalue weighted by atomic mass is 9.94. The number of rotatable bonds is 5. The molecule has 0 fully saturated rings. The van der Waals surface area contributed by atoms with Crippen LogP contribution in [0.15, 0.2) is 0 Å². The molecule has 0 N–H and O–H groups in total. The van der Waals surface area contributed by atoms with Crippen molar-refractivity contribution in [3.8, 4) is 0 Å². The number of hydrogen-bond acceptors (Lipinski definition) is 2. The van der Waals surface area contributed by atoms with Crippen molar-refractivity contribution < 1.29 is 8.76 Å². The van der Waals surface area contributed by atoms with Gasteiger partial charge in [0, 0.05) is 4.75 Å². The van der Waals surface area contributed by atoms with Crippen molar-refractivity contribution in [3.63, 3.8) is 0 Å². The first-order chi connectivity index (χ1) is 5.40. The second-order valence-corrected chi connectivity index (χ2v) is 5.67. The van der Waals surface area contributed by atoms with E-state index in [1.165, 1.54) is 0 Å². The van der Waals surface area contributed by atoms with Gasteiger partial charge in [0.05, 0.1) is 0 Å². The molecule has 0 aliphatic carbocycles. The molecular formula is C9H19O2S-. The third-order valence-corrected chi connectivity index (χ3v) is 3.14. The van der Waals surface area contributed by atoms with Gasteiger partial charge in [-0.15, -0.1) is 0 Å². The molecule has 74 valence electrons. The van der Waals surface area contributed by atoms with Crippen LogP contribution in [-0.2, 0) is 11.1 Å². The molecule has 0 aliphatic rings. The summed E-state index contributed by atoms with van der Waals surface area (Å²) in [6.45, 7) is 7.79. The Morgan fingerprint density at radius 1 is 1.50 bits per heavy atom. The first-order valence-corrected chi connectivity index (χ1v) is 5.57. The molecular weight excluding hydrogens is 172 g/mol. The van der Waals surface area contributed by atoms with Crippen LogP contribution in [0.25, 0.3) is 0 Å². The highest BCUT2D eigenvalue weighted by molar-refractivity contribution is 7.80. The summed E-state index contributed by atoms with van der Waals surface area (Å²) in [7, 11) is 0. The summed E-state index contributed by atoms with van der Waals surface area (Å²) in [5, 5.41) is 0. The average Bonchev–Trinajstić information content (AvgIpc) is 1.85. The predicted octanol–water partition coefficient (Wildman–Crippen LogP) is 2.47. The van der Waals surface area contributed by atoms with Crippen molar-refractivity contribution in [2.75, 3.05) is 0 Å². The monoisotopic (exact) mass is 191 g/mol. The highest BCUT2D eigenvalue weighted by Crippen LogP contribution is 2.24. The molecule has 0 rings (SSSR count). The van der Waals surface area contributed by atoms with E-state index in [1.54, 1.807) is 13.8 Å². The van der Waals surface area contributed by atoms with Crippen LogP contribution in [0.4, 0.5) is 0 Å². The third-order valence-electron chi connectivity index (χ3n) is 2.07. The Morgan fingerprint density at radius 3 is 2.33 bits per heavy atom. The fourth-order valence-electron chi connectivity index (χ4n) is 1.50. The molecule has 0 aromatic heterocycles. The summed E-state index contributed by atoms with van der Waals surface area (Å²) in [6.07, 6.45) is 3.00. The van der Waals surface area contributed by atoms with Gasteiger partial charge < -0.3 is 4.55 Å². The van der Waals surface area contributed by atoms with Crippen molar-refractivity contribution in [3.05, 3.63) is 0 Å². The normalized spacial score (nSPS) is 17.4. The van der Waals surface area contributed by atoms with E-state index < -0.39 is 15.8 Å². The Bertz CT molecular complexity index is 155. The van der Waals surface area contributed by atoms with Crippen LogP contribution in [0, 0.1) is 5.92 Å². The molecule has 0 heterocycles. The molecule has 0 bridgehead atoms. The van der Waals surface area contributed by atoms with E-state index in [2.05, 4.69) is 13.8 Å². The molecule has 0 amide bonds. The molecule has 0 aromatic carbocycles. The van der Waals surface area contributed by atoms with Crippen molar-refractivity contribution in [2.24, 2.45) is 5.92 Å². The molecule has 0 saturated carbocycles. The lowest BCUT2D eigenvalue weighted by Crippen LogP contribution is -2.28. The molecule has 0 saturated heterocycles. The van der Waals surface area contributed by atoms with Crippen LogP contribution in [0.3, 0.4) is 0 Å². The van der Waals surface area contributed by atoms with Gasteiger partial charge in [0.15, 0.2) is 0 Å². The van der Waals surface area contributed by atoms with Gasteiger partial charge in [0.25, 0.3) is 0 Å². The standard InChI is InChI=1S/C9H20O2S/c1-5-6-8(2)7-9(3,4)12(10)11/h8H,5-7H2,1-4H3,(H,10,11)/p-1. The number of hydrogen-bond donors (Lipinski definition) is 0. The largest absolute Gasteiger partial charge is 0.772 e. The van der Waals surface area contributed by atoms with Gasteiger partial charge >= 0.3 is 0 Å². The van der Waals surface area contributed by atoms with Crippen LogP contribution in [-0.4, -0.2) is 13.5 Å². The van der Waals surface area contributed by atoms with Gasteiger partial charge in [-0.3, -0.25) is 4.21 Å². The Morgan fingerprint density at radius 2 is 2.00 bits per heavy atom. The zero-order chi connectivity index (χ0) is 9.78. The maximum atomic E-state index is 10.8. The van der Waals surface area contributed by atoms with E-state index in [4.69, 9.17) is 0 Å². The minimum absolute atomic E-state index is 0.503. The van der Waals surface area contributed by atoms with Crippen LogP contribution in [0.1, 0.15) is 47.0 Å². The SMILES string of the molecule is CCCC(C)CC(C)(C)S(=O)[O-]. The van der Waals surface area contributed by atoms with E-state index in [1.807, 2.05) is 0 Å². The lowest BCUT2D eigenvalue weighted by Gasteiger charge is -2.30. The Kier molecular flexibility index (Phi) is 5.02. The van der Waals surface area contributed by atoms with E-state index in [0.29, 0.717) is 5.92 Å². The van der Waals surface area contributed by atoms with Crippen molar-refractivity contribution in [2.45, 2.75) is 51.7 Å². The molecule has 0 aromatic rings. The highest BCUT2D eigenvalue weighted by atomic mass is 32.2. The molecule has 2 atom stereocenters. The fourth-order valence-corrected chi connectivity index (χ4v) is 1.92. The summed E-state index contributed by atoms with van der Waals surface area (Å²) in [5.74, 6) is 0.503. The maximum Gasteiger partial charge on any atom is 0.0273 e. The summed E-state index contributed by atoms with van der Waals surface area (Å²) >= 11 is -1.95. The van der Waals surface area contributed by atoms with E-state index >= 15 is 0 Å². The molecule has 3 heteroatoms. The van der Waals surface area contributed by atoms with Crippen molar-refractivity contribution in [1.29, 1.82) is 0 Å². The summed E-state index contributed by atoms with van der Waals surface area (Å²) in [4.78, 5) is 0. The lowest BCUT2D eigenvalue weighted by molar-refractivity contribution is 0.404. The van der Waals surface area contributed by atoms with Crippen LogP contribution < -0.4 is 0 Å². The third kappa shape index (κ3) is 4.21. The summed E-state index contributed by atoms with van der Waals surface area (Å²) in [5.41, 5.74) is 0. The Balaban J connectivity index is 3.96. The second kappa shape index (κ2) is 4.97. The van der Waals surface area contributed by atoms with Crippen LogP contribution in [0.5, 0.6) is 0 Å². The molecule has 2 unspecified atom stereocenters. The van der Waals surface area contributed by atoms with Gasteiger partial charge in [0.2, 0.25) is 0 Å². The van der Waals surface area contributed by atoms with Crippen molar-refractivity contribution in [1.82, 2.24) is 0 Å². The zero-order valence-corrected chi connectivity index (χ0v) is 9.24. The van der Waals surface area contributed by atoms with Gasteiger partial charge in [-0.25, -0.2) is 0 Å². The van der Waals surface area contributed by atoms with Crippen LogP contribution >= 0.6 is 0 Å². The first kappa shape index (κ1) is 12.1. The second-order valence-electron chi connectivity index (χ2n) is 4.09. The minimum atomic E-state index is -1.95. The zero-order valence-electron chi connectivity index (χ0n) is 8.42. The van der Waals surface area contributed by atoms with Crippen molar-refractivity contribution >= 4 is 11.1 Å². The summed E-state index contributed by atoms with van der Waals surface area (Å²) in [6, 6.07) is 0. The maximum absolute atomic E-state index is 10.8. The fraction of sp³-hybridized carbons (Fsp3) is 1.00.